The average molecular weight is 233 g/mol. The SMILES string of the molecule is CCCc1cc(=O)n2[nH]c(CC(C)C)nc2c1. The van der Waals surface area contributed by atoms with Crippen LogP contribution in [0.3, 0.4) is 0 Å². The molecular formula is C13H19N3O. The van der Waals surface area contributed by atoms with Gasteiger partial charge in [0.05, 0.1) is 0 Å². The number of hydrogen-bond acceptors (Lipinski definition) is 2. The second kappa shape index (κ2) is 4.73. The molecular weight excluding hydrogens is 214 g/mol. The van der Waals surface area contributed by atoms with Crippen LogP contribution < -0.4 is 5.56 Å². The van der Waals surface area contributed by atoms with Crippen molar-refractivity contribution in [1.29, 1.82) is 0 Å². The highest BCUT2D eigenvalue weighted by molar-refractivity contribution is 5.40. The maximum Gasteiger partial charge on any atom is 0.271 e. The Balaban J connectivity index is 2.45. The molecule has 0 aromatic carbocycles. The summed E-state index contributed by atoms with van der Waals surface area (Å²) in [5, 5.41) is 3.06. The lowest BCUT2D eigenvalue weighted by Crippen LogP contribution is -2.13. The molecule has 0 fully saturated rings. The van der Waals surface area contributed by atoms with Gasteiger partial charge in [-0.25, -0.2) is 9.50 Å². The molecule has 0 atom stereocenters. The Bertz CT molecular complexity index is 566. The minimum Gasteiger partial charge on any atom is -0.276 e. The van der Waals surface area contributed by atoms with Gasteiger partial charge in [-0.2, -0.15) is 0 Å². The number of H-pyrrole nitrogens is 1. The summed E-state index contributed by atoms with van der Waals surface area (Å²) in [6, 6.07) is 3.68. The van der Waals surface area contributed by atoms with Crippen LogP contribution in [-0.2, 0) is 12.8 Å². The number of hydrogen-bond donors (Lipinski definition) is 1. The Hall–Kier alpha value is -1.58. The molecule has 0 spiro atoms. The lowest BCUT2D eigenvalue weighted by molar-refractivity contribution is 0.619. The molecule has 4 nitrogen and oxygen atoms in total. The van der Waals surface area contributed by atoms with Crippen molar-refractivity contribution in [3.63, 3.8) is 0 Å². The molecule has 0 radical (unpaired) electrons. The molecule has 1 N–H and O–H groups in total. The van der Waals surface area contributed by atoms with Crippen molar-refractivity contribution < 1.29 is 0 Å². The van der Waals surface area contributed by atoms with Gasteiger partial charge in [-0.15, -0.1) is 0 Å². The van der Waals surface area contributed by atoms with E-state index < -0.39 is 0 Å². The van der Waals surface area contributed by atoms with E-state index in [9.17, 15) is 4.79 Å². The Morgan fingerprint density at radius 1 is 1.41 bits per heavy atom. The van der Waals surface area contributed by atoms with Crippen LogP contribution >= 0.6 is 0 Å². The first kappa shape index (κ1) is 11.9. The fraction of sp³-hybridized carbons (Fsp3) is 0.538. The largest absolute Gasteiger partial charge is 0.276 e. The summed E-state index contributed by atoms with van der Waals surface area (Å²) in [5.41, 5.74) is 1.78. The van der Waals surface area contributed by atoms with Crippen molar-refractivity contribution in [3.05, 3.63) is 33.9 Å². The first-order chi connectivity index (χ1) is 8.10. The van der Waals surface area contributed by atoms with Crippen LogP contribution in [0, 0.1) is 5.92 Å². The Morgan fingerprint density at radius 2 is 2.18 bits per heavy atom. The first-order valence-electron chi connectivity index (χ1n) is 6.20. The summed E-state index contributed by atoms with van der Waals surface area (Å²) in [5.74, 6) is 1.41. The molecule has 4 heteroatoms. The third-order valence-corrected chi connectivity index (χ3v) is 2.70. The van der Waals surface area contributed by atoms with Crippen LogP contribution in [0.1, 0.15) is 38.6 Å². The number of pyridine rings is 1. The summed E-state index contributed by atoms with van der Waals surface area (Å²) in [7, 11) is 0. The summed E-state index contributed by atoms with van der Waals surface area (Å²) >= 11 is 0. The standard InChI is InChI=1S/C13H19N3O/c1-4-5-10-7-12-14-11(6-9(2)3)15-16(12)13(17)8-10/h7-9H,4-6H2,1-3H3,(H,14,15). The van der Waals surface area contributed by atoms with Gasteiger partial charge >= 0.3 is 0 Å². The summed E-state index contributed by atoms with van der Waals surface area (Å²) in [4.78, 5) is 16.3. The third kappa shape index (κ3) is 2.57. The fourth-order valence-electron chi connectivity index (χ4n) is 2.01. The Labute approximate surface area is 101 Å². The van der Waals surface area contributed by atoms with Crippen LogP contribution in [-0.4, -0.2) is 14.6 Å². The van der Waals surface area contributed by atoms with Crippen LogP contribution in [0.15, 0.2) is 16.9 Å². The van der Waals surface area contributed by atoms with E-state index in [0.29, 0.717) is 5.92 Å². The lowest BCUT2D eigenvalue weighted by Gasteiger charge is -1.98. The second-order valence-electron chi connectivity index (χ2n) is 4.91. The molecule has 0 saturated heterocycles. The van der Waals surface area contributed by atoms with Gasteiger partial charge in [0.1, 0.15) is 5.82 Å². The van der Waals surface area contributed by atoms with Crippen molar-refractivity contribution in [2.75, 3.05) is 0 Å². The van der Waals surface area contributed by atoms with Crippen molar-refractivity contribution >= 4 is 5.65 Å². The maximum atomic E-state index is 11.9. The smallest absolute Gasteiger partial charge is 0.271 e. The number of rotatable bonds is 4. The quantitative estimate of drug-likeness (QED) is 0.880. The zero-order chi connectivity index (χ0) is 12.4. The third-order valence-electron chi connectivity index (χ3n) is 2.70. The molecule has 2 aromatic rings. The fourth-order valence-corrected chi connectivity index (χ4v) is 2.01. The van der Waals surface area contributed by atoms with Crippen molar-refractivity contribution in [2.45, 2.75) is 40.0 Å². The molecule has 0 saturated carbocycles. The number of nitrogens with zero attached hydrogens (tertiary/aromatic N) is 2. The molecule has 2 rings (SSSR count). The molecule has 92 valence electrons. The van der Waals surface area contributed by atoms with Gasteiger partial charge in [0.15, 0.2) is 5.65 Å². The zero-order valence-electron chi connectivity index (χ0n) is 10.7. The van der Waals surface area contributed by atoms with Gasteiger partial charge in [-0.05, 0) is 24.0 Å². The van der Waals surface area contributed by atoms with E-state index in [0.717, 1.165) is 36.3 Å². The molecule has 0 aliphatic heterocycles. The highest BCUT2D eigenvalue weighted by Crippen LogP contribution is 2.07. The highest BCUT2D eigenvalue weighted by Gasteiger charge is 2.07. The van der Waals surface area contributed by atoms with E-state index in [1.54, 1.807) is 6.07 Å². The summed E-state index contributed by atoms with van der Waals surface area (Å²) in [6.45, 7) is 6.38. The average Bonchev–Trinajstić information content (AvgIpc) is 2.60. The molecule has 0 amide bonds. The molecule has 0 aliphatic carbocycles. The molecule has 17 heavy (non-hydrogen) atoms. The van der Waals surface area contributed by atoms with Gasteiger partial charge in [0.25, 0.3) is 5.56 Å². The van der Waals surface area contributed by atoms with E-state index in [1.807, 2.05) is 6.07 Å². The van der Waals surface area contributed by atoms with E-state index in [2.05, 4.69) is 30.9 Å². The number of fused-ring (bicyclic) bond motifs is 1. The highest BCUT2D eigenvalue weighted by atomic mass is 16.1. The van der Waals surface area contributed by atoms with E-state index in [4.69, 9.17) is 0 Å². The molecule has 2 heterocycles. The topological polar surface area (TPSA) is 50.2 Å². The lowest BCUT2D eigenvalue weighted by atomic mass is 10.1. The first-order valence-corrected chi connectivity index (χ1v) is 6.20. The van der Waals surface area contributed by atoms with Gasteiger partial charge in [-0.1, -0.05) is 27.2 Å². The van der Waals surface area contributed by atoms with Gasteiger partial charge in [-0.3, -0.25) is 9.89 Å². The van der Waals surface area contributed by atoms with E-state index >= 15 is 0 Å². The van der Waals surface area contributed by atoms with Crippen molar-refractivity contribution in [2.24, 2.45) is 5.92 Å². The van der Waals surface area contributed by atoms with Crippen molar-refractivity contribution in [3.8, 4) is 0 Å². The van der Waals surface area contributed by atoms with E-state index in [-0.39, 0.29) is 5.56 Å². The van der Waals surface area contributed by atoms with E-state index in [1.165, 1.54) is 4.52 Å². The maximum absolute atomic E-state index is 11.9. The van der Waals surface area contributed by atoms with Gasteiger partial charge in [0.2, 0.25) is 0 Å². The van der Waals surface area contributed by atoms with Crippen LogP contribution in [0.25, 0.3) is 5.65 Å². The van der Waals surface area contributed by atoms with Crippen LogP contribution in [0.4, 0.5) is 0 Å². The van der Waals surface area contributed by atoms with Crippen molar-refractivity contribution in [1.82, 2.24) is 14.6 Å². The van der Waals surface area contributed by atoms with Crippen LogP contribution in [0.2, 0.25) is 0 Å². The monoisotopic (exact) mass is 233 g/mol. The molecule has 2 aromatic heterocycles. The normalized spacial score (nSPS) is 11.5. The second-order valence-corrected chi connectivity index (χ2v) is 4.91. The predicted molar refractivity (Wildman–Crippen MR) is 68.3 cm³/mol. The number of aryl methyl sites for hydroxylation is 1. The van der Waals surface area contributed by atoms with Gasteiger partial charge < -0.3 is 0 Å². The Morgan fingerprint density at radius 3 is 2.82 bits per heavy atom. The van der Waals surface area contributed by atoms with Crippen LogP contribution in [0.5, 0.6) is 0 Å². The summed E-state index contributed by atoms with van der Waals surface area (Å²) < 4.78 is 1.52. The molecule has 0 aliphatic rings. The zero-order valence-corrected chi connectivity index (χ0v) is 10.7. The Kier molecular flexibility index (Phi) is 3.31. The molecule has 0 unspecified atom stereocenters. The number of nitrogens with one attached hydrogen (secondary N) is 1. The number of aromatic amines is 1. The molecule has 0 bridgehead atoms. The number of aromatic nitrogens is 3. The minimum absolute atomic E-state index is 0.0199. The predicted octanol–water partition coefficient (Wildman–Crippen LogP) is 2.17. The van der Waals surface area contributed by atoms with Gasteiger partial charge in [0, 0.05) is 12.5 Å². The summed E-state index contributed by atoms with van der Waals surface area (Å²) in [6.07, 6.45) is 2.83. The minimum atomic E-state index is -0.0199.